The van der Waals surface area contributed by atoms with E-state index in [1.807, 2.05) is 22.9 Å². The number of fused-ring (bicyclic) bond motifs is 1. The minimum Gasteiger partial charge on any atom is -0.496 e. The molecule has 4 rings (SSSR count). The minimum atomic E-state index is 0.590. The molecule has 1 aromatic heterocycles. The van der Waals surface area contributed by atoms with Crippen molar-refractivity contribution in [3.05, 3.63) is 28.0 Å². The second-order valence-corrected chi connectivity index (χ2v) is 8.29. The van der Waals surface area contributed by atoms with Crippen LogP contribution in [0.25, 0.3) is 11.4 Å². The predicted octanol–water partition coefficient (Wildman–Crippen LogP) is 3.46. The van der Waals surface area contributed by atoms with Gasteiger partial charge in [0.15, 0.2) is 12.5 Å². The summed E-state index contributed by atoms with van der Waals surface area (Å²) >= 11 is 11.7. The average Bonchev–Trinajstić information content (AvgIpc) is 3.02. The van der Waals surface area contributed by atoms with Crippen molar-refractivity contribution >= 4 is 23.8 Å². The lowest BCUT2D eigenvalue weighted by atomic mass is 9.78. The number of H-pyrrole nitrogens is 1. The number of aromatic amines is 1. The van der Waals surface area contributed by atoms with Gasteiger partial charge in [-0.1, -0.05) is 18.0 Å². The summed E-state index contributed by atoms with van der Waals surface area (Å²) in [7, 11) is 1.65. The predicted molar refractivity (Wildman–Crippen MR) is 105 cm³/mol. The Bertz CT molecular complexity index is 831. The number of quaternary nitrogens is 1. The van der Waals surface area contributed by atoms with Gasteiger partial charge in [-0.15, -0.1) is 0 Å². The molecule has 0 radical (unpaired) electrons. The lowest BCUT2D eigenvalue weighted by Crippen LogP contribution is -3.17. The topological polar surface area (TPSA) is 47.3 Å². The molecule has 1 aliphatic carbocycles. The average molecular weight is 394 g/mol. The van der Waals surface area contributed by atoms with Gasteiger partial charge >= 0.3 is 0 Å². The lowest BCUT2D eigenvalue weighted by molar-refractivity contribution is -0.958. The number of benzene rings is 1. The van der Waals surface area contributed by atoms with Crippen LogP contribution in [0, 0.1) is 10.7 Å². The first-order chi connectivity index (χ1) is 12.7. The van der Waals surface area contributed by atoms with Gasteiger partial charge in [0, 0.05) is 10.9 Å². The molecule has 3 atom stereocenters. The number of piperidine rings is 1. The van der Waals surface area contributed by atoms with Crippen LogP contribution in [-0.2, 0) is 6.67 Å². The lowest BCUT2D eigenvalue weighted by Gasteiger charge is -2.41. The first-order valence-corrected chi connectivity index (χ1v) is 10.3. The van der Waals surface area contributed by atoms with Crippen LogP contribution < -0.4 is 9.64 Å². The van der Waals surface area contributed by atoms with Crippen LogP contribution in [0.3, 0.4) is 0 Å². The second kappa shape index (κ2) is 7.71. The molecule has 2 aromatic rings. The smallest absolute Gasteiger partial charge is 0.221 e. The Balaban J connectivity index is 1.59. The second-order valence-electron chi connectivity index (χ2n) is 7.49. The molecule has 2 heterocycles. The van der Waals surface area contributed by atoms with E-state index in [-0.39, 0.29) is 0 Å². The highest BCUT2D eigenvalue weighted by atomic mass is 35.5. The molecule has 1 unspecified atom stereocenters. The molecule has 1 aliphatic heterocycles. The highest BCUT2D eigenvalue weighted by molar-refractivity contribution is 7.71. The molecule has 0 amide bonds. The molecular formula is C19H26ClN4OS+. The Kier molecular flexibility index (Phi) is 5.34. The number of nitrogens with one attached hydrogen (secondary N) is 2. The number of likely N-dealkylation sites (tertiary alicyclic amines) is 1. The molecule has 1 saturated heterocycles. The molecule has 1 saturated carbocycles. The maximum atomic E-state index is 6.17. The fraction of sp³-hybridized carbons (Fsp3) is 0.579. The number of hydrogen-bond donors (Lipinski definition) is 2. The summed E-state index contributed by atoms with van der Waals surface area (Å²) in [6.07, 6.45) is 8.21. The quantitative estimate of drug-likeness (QED) is 0.782. The summed E-state index contributed by atoms with van der Waals surface area (Å²) in [5.74, 6) is 2.34. The largest absolute Gasteiger partial charge is 0.496 e. The summed E-state index contributed by atoms with van der Waals surface area (Å²) in [6, 6.07) is 6.31. The van der Waals surface area contributed by atoms with Crippen molar-refractivity contribution in [3.8, 4) is 17.1 Å². The van der Waals surface area contributed by atoms with Gasteiger partial charge in [0.1, 0.15) is 5.75 Å². The van der Waals surface area contributed by atoms with Crippen molar-refractivity contribution in [3.63, 3.8) is 0 Å². The Hall–Kier alpha value is -1.37. The standard InChI is InChI=1S/C19H25ClN4OS/c1-25-17-9-8-14(20)11-15(17)18-21-19(26)24(22-18)12-23-10-4-6-13-5-2-3-7-16(13)23/h8-9,11,13,16H,2-7,10,12H2,1H3,(H,21,22,26)/p+1/t13-,16-/m0/s1. The van der Waals surface area contributed by atoms with Gasteiger partial charge in [-0.2, -0.15) is 4.98 Å². The first kappa shape index (κ1) is 18.0. The van der Waals surface area contributed by atoms with E-state index in [1.54, 1.807) is 12.0 Å². The maximum absolute atomic E-state index is 6.17. The van der Waals surface area contributed by atoms with E-state index >= 15 is 0 Å². The van der Waals surface area contributed by atoms with Crippen molar-refractivity contribution in [1.82, 2.24) is 14.8 Å². The van der Waals surface area contributed by atoms with Crippen LogP contribution in [0.1, 0.15) is 38.5 Å². The number of hydrogen-bond acceptors (Lipinski definition) is 3. The summed E-state index contributed by atoms with van der Waals surface area (Å²) in [6.45, 7) is 2.08. The van der Waals surface area contributed by atoms with Crippen LogP contribution in [0.15, 0.2) is 18.2 Å². The molecule has 2 aliphatic rings. The summed E-state index contributed by atoms with van der Waals surface area (Å²) in [4.78, 5) is 6.21. The molecular weight excluding hydrogens is 368 g/mol. The van der Waals surface area contributed by atoms with E-state index in [2.05, 4.69) is 10.1 Å². The monoisotopic (exact) mass is 393 g/mol. The molecule has 5 nitrogen and oxygen atoms in total. The fourth-order valence-corrected chi connectivity index (χ4v) is 5.09. The molecule has 140 valence electrons. The maximum Gasteiger partial charge on any atom is 0.221 e. The van der Waals surface area contributed by atoms with Crippen LogP contribution in [0.2, 0.25) is 5.02 Å². The third kappa shape index (κ3) is 3.55. The number of nitrogens with zero attached hydrogens (tertiary/aromatic N) is 2. The molecule has 1 aromatic carbocycles. The van der Waals surface area contributed by atoms with E-state index in [1.165, 1.54) is 45.1 Å². The highest BCUT2D eigenvalue weighted by Crippen LogP contribution is 2.30. The number of aromatic nitrogens is 3. The van der Waals surface area contributed by atoms with E-state index in [4.69, 9.17) is 28.6 Å². The van der Waals surface area contributed by atoms with Gasteiger partial charge < -0.3 is 9.64 Å². The Morgan fingerprint density at radius 3 is 2.96 bits per heavy atom. The fourth-order valence-electron chi connectivity index (χ4n) is 4.72. The number of methoxy groups -OCH3 is 1. The van der Waals surface area contributed by atoms with Crippen molar-refractivity contribution in [2.75, 3.05) is 13.7 Å². The Labute approximate surface area is 164 Å². The van der Waals surface area contributed by atoms with Crippen molar-refractivity contribution in [2.45, 2.75) is 51.2 Å². The zero-order valence-electron chi connectivity index (χ0n) is 15.1. The van der Waals surface area contributed by atoms with Crippen LogP contribution in [0.4, 0.5) is 0 Å². The van der Waals surface area contributed by atoms with Crippen LogP contribution >= 0.6 is 23.8 Å². The number of rotatable bonds is 4. The summed E-state index contributed by atoms with van der Waals surface area (Å²) in [5, 5.41) is 4.04. The van der Waals surface area contributed by atoms with E-state index < -0.39 is 0 Å². The molecule has 0 spiro atoms. The van der Waals surface area contributed by atoms with Gasteiger partial charge in [-0.3, -0.25) is 5.10 Å². The molecule has 7 heteroatoms. The Morgan fingerprint density at radius 2 is 2.12 bits per heavy atom. The third-order valence-electron chi connectivity index (χ3n) is 5.96. The van der Waals surface area contributed by atoms with Gasteiger partial charge in [-0.25, -0.2) is 4.68 Å². The number of halogens is 1. The summed E-state index contributed by atoms with van der Waals surface area (Å²) in [5.41, 5.74) is 0.842. The van der Waals surface area contributed by atoms with E-state index in [0.29, 0.717) is 15.6 Å². The highest BCUT2D eigenvalue weighted by Gasteiger charge is 2.36. The normalized spacial score (nSPS) is 25.7. The van der Waals surface area contributed by atoms with Crippen molar-refractivity contribution in [1.29, 1.82) is 0 Å². The zero-order valence-corrected chi connectivity index (χ0v) is 16.7. The molecule has 0 bridgehead atoms. The third-order valence-corrected chi connectivity index (χ3v) is 6.51. The Morgan fingerprint density at radius 1 is 1.31 bits per heavy atom. The van der Waals surface area contributed by atoms with Gasteiger partial charge in [0.25, 0.3) is 0 Å². The van der Waals surface area contributed by atoms with Crippen LogP contribution in [0.5, 0.6) is 5.75 Å². The van der Waals surface area contributed by atoms with Gasteiger partial charge in [-0.05, 0) is 62.5 Å². The van der Waals surface area contributed by atoms with E-state index in [9.17, 15) is 0 Å². The van der Waals surface area contributed by atoms with Crippen molar-refractivity contribution < 1.29 is 9.64 Å². The molecule has 2 fully saturated rings. The minimum absolute atomic E-state index is 0.590. The number of ether oxygens (including phenoxy) is 1. The zero-order chi connectivity index (χ0) is 18.1. The van der Waals surface area contributed by atoms with Crippen molar-refractivity contribution in [2.24, 2.45) is 5.92 Å². The SMILES string of the molecule is COc1ccc(Cl)cc1-c1nc(=S)n(C[NH+]2CCC[C@@H]3CCCC[C@@H]32)[nH]1. The molecule has 26 heavy (non-hydrogen) atoms. The van der Waals surface area contributed by atoms with Gasteiger partial charge in [0.2, 0.25) is 4.77 Å². The molecule has 2 N–H and O–H groups in total. The first-order valence-electron chi connectivity index (χ1n) is 9.51. The summed E-state index contributed by atoms with van der Waals surface area (Å²) < 4.78 is 8.06. The van der Waals surface area contributed by atoms with E-state index in [0.717, 1.165) is 29.9 Å². The van der Waals surface area contributed by atoms with Crippen LogP contribution in [-0.4, -0.2) is 34.5 Å². The van der Waals surface area contributed by atoms with Gasteiger partial charge in [0.05, 0.1) is 25.3 Å².